The van der Waals surface area contributed by atoms with E-state index >= 15 is 0 Å². The Balaban J connectivity index is 2.23. The first-order valence-electron chi connectivity index (χ1n) is 5.74. The highest BCUT2D eigenvalue weighted by Gasteiger charge is 2.17. The Morgan fingerprint density at radius 3 is 2.67 bits per heavy atom. The van der Waals surface area contributed by atoms with Crippen molar-refractivity contribution in [2.75, 3.05) is 12.4 Å². The third kappa shape index (κ3) is 3.23. The van der Waals surface area contributed by atoms with Crippen LogP contribution in [0.5, 0.6) is 0 Å². The third-order valence-electron chi connectivity index (χ3n) is 2.61. The molecular formula is C13H10N2O5S. The van der Waals surface area contributed by atoms with Gasteiger partial charge in [-0.05, 0) is 12.1 Å². The van der Waals surface area contributed by atoms with Crippen molar-refractivity contribution in [1.29, 1.82) is 0 Å². The van der Waals surface area contributed by atoms with Crippen LogP contribution in [-0.4, -0.2) is 23.9 Å². The van der Waals surface area contributed by atoms with Crippen LogP contribution in [0.4, 0.5) is 10.7 Å². The molecule has 0 atom stereocenters. The highest BCUT2D eigenvalue weighted by Crippen LogP contribution is 2.24. The van der Waals surface area contributed by atoms with E-state index in [1.54, 1.807) is 18.2 Å². The second-order valence-electron chi connectivity index (χ2n) is 3.92. The molecule has 1 N–H and O–H groups in total. The summed E-state index contributed by atoms with van der Waals surface area (Å²) >= 11 is 0.860. The topological polar surface area (TPSA) is 98.5 Å². The zero-order chi connectivity index (χ0) is 15.4. The summed E-state index contributed by atoms with van der Waals surface area (Å²) in [5.74, 6) is -1.11. The van der Waals surface area contributed by atoms with Crippen LogP contribution in [0.15, 0.2) is 35.7 Å². The fourth-order valence-electron chi connectivity index (χ4n) is 1.61. The van der Waals surface area contributed by atoms with E-state index in [4.69, 9.17) is 0 Å². The van der Waals surface area contributed by atoms with Crippen LogP contribution in [-0.2, 0) is 4.74 Å². The molecule has 0 bridgehead atoms. The highest BCUT2D eigenvalue weighted by atomic mass is 32.1. The molecule has 0 spiro atoms. The van der Waals surface area contributed by atoms with Crippen molar-refractivity contribution < 1.29 is 19.2 Å². The third-order valence-corrected chi connectivity index (χ3v) is 3.49. The molecule has 0 unspecified atom stereocenters. The largest absolute Gasteiger partial charge is 0.465 e. The first-order valence-corrected chi connectivity index (χ1v) is 6.62. The van der Waals surface area contributed by atoms with E-state index < -0.39 is 16.8 Å². The van der Waals surface area contributed by atoms with Crippen LogP contribution in [0.1, 0.15) is 20.7 Å². The molecule has 1 heterocycles. The summed E-state index contributed by atoms with van der Waals surface area (Å²) in [4.78, 5) is 33.7. The van der Waals surface area contributed by atoms with Crippen LogP contribution in [0.2, 0.25) is 0 Å². The summed E-state index contributed by atoms with van der Waals surface area (Å²) < 4.78 is 4.62. The van der Waals surface area contributed by atoms with Crippen molar-refractivity contribution in [3.8, 4) is 0 Å². The number of methoxy groups -OCH3 is 1. The van der Waals surface area contributed by atoms with Crippen molar-refractivity contribution in [2.45, 2.75) is 0 Å². The Bertz CT molecular complexity index is 710. The van der Waals surface area contributed by atoms with Crippen LogP contribution in [0.3, 0.4) is 0 Å². The van der Waals surface area contributed by atoms with Gasteiger partial charge in [-0.25, -0.2) is 4.79 Å². The molecule has 0 aliphatic rings. The summed E-state index contributed by atoms with van der Waals surface area (Å²) in [6.07, 6.45) is 0. The number of benzene rings is 1. The fraction of sp³-hybridized carbons (Fsp3) is 0.0769. The number of hydrogen-bond acceptors (Lipinski definition) is 6. The Hall–Kier alpha value is -2.74. The number of thiophene rings is 1. The normalized spacial score (nSPS) is 9.95. The summed E-state index contributed by atoms with van der Waals surface area (Å²) in [6, 6.07) is 7.53. The molecule has 0 aliphatic carbocycles. The number of ether oxygens (including phenoxy) is 1. The molecule has 1 aromatic carbocycles. The predicted molar refractivity (Wildman–Crippen MR) is 76.7 cm³/mol. The average molecular weight is 306 g/mol. The molecule has 0 radical (unpaired) electrons. The van der Waals surface area contributed by atoms with Gasteiger partial charge in [-0.2, -0.15) is 0 Å². The SMILES string of the molecule is COC(=O)c1ccccc1NC(=O)c1csc([N+](=O)[O-])c1. The van der Waals surface area contributed by atoms with E-state index in [-0.39, 0.29) is 21.8 Å². The number of nitrogens with zero attached hydrogens (tertiary/aromatic N) is 1. The van der Waals surface area contributed by atoms with Crippen molar-refractivity contribution in [3.05, 3.63) is 57.0 Å². The van der Waals surface area contributed by atoms with Gasteiger partial charge in [0.2, 0.25) is 0 Å². The summed E-state index contributed by atoms with van der Waals surface area (Å²) in [7, 11) is 1.24. The zero-order valence-corrected chi connectivity index (χ0v) is 11.7. The number of esters is 1. The van der Waals surface area contributed by atoms with E-state index in [0.717, 1.165) is 11.3 Å². The number of rotatable bonds is 4. The minimum Gasteiger partial charge on any atom is -0.465 e. The first-order chi connectivity index (χ1) is 10.0. The smallest absolute Gasteiger partial charge is 0.339 e. The fourth-order valence-corrected chi connectivity index (χ4v) is 2.32. The molecule has 0 saturated heterocycles. The van der Waals surface area contributed by atoms with Crippen molar-refractivity contribution in [2.24, 2.45) is 0 Å². The molecule has 21 heavy (non-hydrogen) atoms. The molecule has 2 rings (SSSR count). The van der Waals surface area contributed by atoms with Crippen LogP contribution in [0.25, 0.3) is 0 Å². The van der Waals surface area contributed by atoms with E-state index in [1.165, 1.54) is 24.6 Å². The van der Waals surface area contributed by atoms with Gasteiger partial charge < -0.3 is 10.1 Å². The number of anilines is 1. The minimum absolute atomic E-state index is 0.124. The number of carbonyl (C=O) groups excluding carboxylic acids is 2. The van der Waals surface area contributed by atoms with Crippen LogP contribution in [0, 0.1) is 10.1 Å². The van der Waals surface area contributed by atoms with Gasteiger partial charge in [0.05, 0.1) is 28.8 Å². The zero-order valence-electron chi connectivity index (χ0n) is 10.9. The van der Waals surface area contributed by atoms with E-state index in [9.17, 15) is 19.7 Å². The maximum Gasteiger partial charge on any atom is 0.339 e. The summed E-state index contributed by atoms with van der Waals surface area (Å²) in [6.45, 7) is 0. The van der Waals surface area contributed by atoms with Crippen LogP contribution < -0.4 is 5.32 Å². The minimum atomic E-state index is -0.581. The van der Waals surface area contributed by atoms with Crippen LogP contribution >= 0.6 is 11.3 Å². The van der Waals surface area contributed by atoms with E-state index in [0.29, 0.717) is 0 Å². The maximum atomic E-state index is 12.0. The van der Waals surface area contributed by atoms with Gasteiger partial charge in [-0.15, -0.1) is 0 Å². The molecule has 7 nitrogen and oxygen atoms in total. The average Bonchev–Trinajstić information content (AvgIpc) is 2.97. The lowest BCUT2D eigenvalue weighted by molar-refractivity contribution is -0.380. The van der Waals surface area contributed by atoms with Gasteiger partial charge in [-0.3, -0.25) is 14.9 Å². The Kier molecular flexibility index (Phi) is 4.29. The van der Waals surface area contributed by atoms with Gasteiger partial charge in [0.15, 0.2) is 0 Å². The van der Waals surface area contributed by atoms with E-state index in [2.05, 4.69) is 10.1 Å². The first kappa shape index (κ1) is 14.7. The molecular weight excluding hydrogens is 296 g/mol. The summed E-state index contributed by atoms with van der Waals surface area (Å²) in [5, 5.41) is 14.4. The Morgan fingerprint density at radius 2 is 2.05 bits per heavy atom. The number of para-hydroxylation sites is 1. The molecule has 1 amide bonds. The molecule has 108 valence electrons. The molecule has 8 heteroatoms. The van der Waals surface area contributed by atoms with Crippen molar-refractivity contribution in [1.82, 2.24) is 0 Å². The molecule has 2 aromatic rings. The number of nitrogens with one attached hydrogen (secondary N) is 1. The quantitative estimate of drug-likeness (QED) is 0.532. The second kappa shape index (κ2) is 6.14. The number of hydrogen-bond donors (Lipinski definition) is 1. The lowest BCUT2D eigenvalue weighted by Crippen LogP contribution is -2.14. The lowest BCUT2D eigenvalue weighted by atomic mass is 10.1. The Morgan fingerprint density at radius 1 is 1.33 bits per heavy atom. The van der Waals surface area contributed by atoms with Gasteiger partial charge >= 0.3 is 11.0 Å². The number of amides is 1. The van der Waals surface area contributed by atoms with Crippen molar-refractivity contribution >= 4 is 33.9 Å². The van der Waals surface area contributed by atoms with Gasteiger partial charge in [0.1, 0.15) is 0 Å². The molecule has 0 fully saturated rings. The number of nitro groups is 1. The van der Waals surface area contributed by atoms with E-state index in [1.807, 2.05) is 0 Å². The van der Waals surface area contributed by atoms with Gasteiger partial charge in [0, 0.05) is 11.4 Å². The standard InChI is InChI=1S/C13H10N2O5S/c1-20-13(17)9-4-2-3-5-10(9)14-12(16)8-6-11(15(18)19)21-7-8/h2-7H,1H3,(H,14,16). The monoisotopic (exact) mass is 306 g/mol. The highest BCUT2D eigenvalue weighted by molar-refractivity contribution is 7.13. The Labute approximate surface area is 123 Å². The maximum absolute atomic E-state index is 12.0. The number of carbonyl (C=O) groups is 2. The van der Waals surface area contributed by atoms with Gasteiger partial charge in [0.25, 0.3) is 5.91 Å². The lowest BCUT2D eigenvalue weighted by Gasteiger charge is -2.08. The predicted octanol–water partition coefficient (Wildman–Crippen LogP) is 2.70. The molecule has 0 aliphatic heterocycles. The second-order valence-corrected chi connectivity index (χ2v) is 4.81. The molecule has 0 saturated carbocycles. The van der Waals surface area contributed by atoms with Gasteiger partial charge in [-0.1, -0.05) is 23.5 Å². The van der Waals surface area contributed by atoms with Crippen molar-refractivity contribution in [3.63, 3.8) is 0 Å². The summed E-state index contributed by atoms with van der Waals surface area (Å²) in [5.41, 5.74) is 0.646. The molecule has 1 aromatic heterocycles.